The number of carbonyl (C=O) groups excluding carboxylic acids is 3. The number of amides is 2. The van der Waals surface area contributed by atoms with Gasteiger partial charge in [0.2, 0.25) is 0 Å². The zero-order valence-corrected chi connectivity index (χ0v) is 12.9. The molecule has 1 heterocycles. The summed E-state index contributed by atoms with van der Waals surface area (Å²) < 4.78 is 0. The number of hydrogen-bond acceptors (Lipinski definition) is 4. The van der Waals surface area contributed by atoms with Crippen LogP contribution < -0.4 is 0 Å². The van der Waals surface area contributed by atoms with Crippen molar-refractivity contribution in [3.63, 3.8) is 0 Å². The second kappa shape index (κ2) is 5.85. The number of nitrogens with zero attached hydrogens (tertiary/aromatic N) is 1. The van der Waals surface area contributed by atoms with Gasteiger partial charge in [-0.05, 0) is 36.8 Å². The molecule has 5 nitrogen and oxygen atoms in total. The molecule has 0 saturated heterocycles. The van der Waals surface area contributed by atoms with Gasteiger partial charge in [0.25, 0.3) is 11.8 Å². The van der Waals surface area contributed by atoms with E-state index >= 15 is 0 Å². The molecule has 1 aliphatic heterocycles. The molecule has 2 aromatic carbocycles. The molecule has 0 radical (unpaired) electrons. The van der Waals surface area contributed by atoms with Crippen LogP contribution in [-0.4, -0.2) is 22.8 Å². The van der Waals surface area contributed by atoms with Gasteiger partial charge in [0.1, 0.15) is 0 Å². The molecule has 0 fully saturated rings. The molecule has 2 amide bonds. The van der Waals surface area contributed by atoms with E-state index in [1.165, 1.54) is 12.1 Å². The summed E-state index contributed by atoms with van der Waals surface area (Å²) in [4.78, 5) is 41.6. The highest BCUT2D eigenvalue weighted by Gasteiger charge is 2.39. The number of carbonyl (C=O) groups is 3. The number of halogens is 1. The summed E-state index contributed by atoms with van der Waals surface area (Å²) in [5.74, 6) is -2.61. The van der Waals surface area contributed by atoms with E-state index in [0.29, 0.717) is 15.6 Å². The van der Waals surface area contributed by atoms with Crippen molar-refractivity contribution < 1.29 is 19.2 Å². The molecule has 1 atom stereocenters. The molecule has 0 aliphatic carbocycles. The predicted molar refractivity (Wildman–Crippen MR) is 82.9 cm³/mol. The summed E-state index contributed by atoms with van der Waals surface area (Å²) in [5.41, 5.74) is 1.13. The maximum absolute atomic E-state index is 12.2. The standard InChI is InChI=1S/C17H12ClNO4/c1-10(11-6-8-12(18)9-7-11)17(22)23-19-15(20)13-4-2-3-5-14(13)16(19)21/h2-10H,1H3. The normalized spacial score (nSPS) is 14.6. The Balaban J connectivity index is 1.77. The molecule has 1 aliphatic rings. The maximum atomic E-state index is 12.2. The van der Waals surface area contributed by atoms with Crippen molar-refractivity contribution >= 4 is 29.4 Å². The minimum absolute atomic E-state index is 0.226. The van der Waals surface area contributed by atoms with Gasteiger partial charge >= 0.3 is 5.97 Å². The number of fused-ring (bicyclic) bond motifs is 1. The fourth-order valence-corrected chi connectivity index (χ4v) is 2.43. The lowest BCUT2D eigenvalue weighted by molar-refractivity contribution is -0.170. The average Bonchev–Trinajstić information content (AvgIpc) is 2.80. The lowest BCUT2D eigenvalue weighted by Crippen LogP contribution is -2.34. The van der Waals surface area contributed by atoms with Crippen LogP contribution in [0.25, 0.3) is 0 Å². The van der Waals surface area contributed by atoms with Crippen LogP contribution in [0.2, 0.25) is 5.02 Å². The number of hydroxylamine groups is 2. The third kappa shape index (κ3) is 2.71. The minimum atomic E-state index is -0.693. The SMILES string of the molecule is CC(C(=O)ON1C(=O)c2ccccc2C1=O)c1ccc(Cl)cc1. The highest BCUT2D eigenvalue weighted by molar-refractivity contribution is 6.30. The Morgan fingerprint density at radius 1 is 1.00 bits per heavy atom. The van der Waals surface area contributed by atoms with E-state index < -0.39 is 23.7 Å². The van der Waals surface area contributed by atoms with Crippen LogP contribution in [-0.2, 0) is 9.63 Å². The Labute approximate surface area is 137 Å². The third-order valence-corrected chi connectivity index (χ3v) is 3.91. The molecule has 3 rings (SSSR count). The van der Waals surface area contributed by atoms with Gasteiger partial charge in [-0.1, -0.05) is 40.9 Å². The Kier molecular flexibility index (Phi) is 3.88. The lowest BCUT2D eigenvalue weighted by atomic mass is 10.0. The summed E-state index contributed by atoms with van der Waals surface area (Å²) >= 11 is 5.81. The molecule has 23 heavy (non-hydrogen) atoms. The molecule has 0 saturated carbocycles. The topological polar surface area (TPSA) is 63.7 Å². The Morgan fingerprint density at radius 3 is 2.04 bits per heavy atom. The van der Waals surface area contributed by atoms with E-state index in [9.17, 15) is 14.4 Å². The molecule has 0 aromatic heterocycles. The Hall–Kier alpha value is -2.66. The summed E-state index contributed by atoms with van der Waals surface area (Å²) in [6, 6.07) is 13.0. The fraction of sp³-hybridized carbons (Fsp3) is 0.118. The summed E-state index contributed by atoms with van der Waals surface area (Å²) in [6.07, 6.45) is 0. The highest BCUT2D eigenvalue weighted by atomic mass is 35.5. The van der Waals surface area contributed by atoms with Gasteiger partial charge < -0.3 is 4.84 Å². The largest absolute Gasteiger partial charge is 0.340 e. The highest BCUT2D eigenvalue weighted by Crippen LogP contribution is 2.25. The number of rotatable bonds is 3. The van der Waals surface area contributed by atoms with Crippen molar-refractivity contribution in [3.8, 4) is 0 Å². The van der Waals surface area contributed by atoms with Gasteiger partial charge in [-0.25, -0.2) is 4.79 Å². The van der Waals surface area contributed by atoms with Crippen LogP contribution in [0.1, 0.15) is 39.1 Å². The van der Waals surface area contributed by atoms with Crippen LogP contribution in [0.4, 0.5) is 0 Å². The zero-order chi connectivity index (χ0) is 16.6. The van der Waals surface area contributed by atoms with Crippen molar-refractivity contribution in [1.29, 1.82) is 0 Å². The van der Waals surface area contributed by atoms with Gasteiger partial charge in [0.05, 0.1) is 17.0 Å². The number of imide groups is 1. The van der Waals surface area contributed by atoms with E-state index in [1.54, 1.807) is 43.3 Å². The Morgan fingerprint density at radius 2 is 1.52 bits per heavy atom. The first kappa shape index (κ1) is 15.2. The first-order valence-electron chi connectivity index (χ1n) is 6.94. The number of hydrogen-bond donors (Lipinski definition) is 0. The smallest absolute Gasteiger partial charge is 0.329 e. The maximum Gasteiger partial charge on any atom is 0.340 e. The van der Waals surface area contributed by atoms with Crippen LogP contribution in [0, 0.1) is 0 Å². The van der Waals surface area contributed by atoms with Crippen LogP contribution in [0.5, 0.6) is 0 Å². The molecular weight excluding hydrogens is 318 g/mol. The van der Waals surface area contributed by atoms with Gasteiger partial charge in [-0.2, -0.15) is 0 Å². The van der Waals surface area contributed by atoms with Gasteiger partial charge in [0.15, 0.2) is 0 Å². The second-order valence-electron chi connectivity index (χ2n) is 5.13. The minimum Gasteiger partial charge on any atom is -0.329 e. The first-order valence-corrected chi connectivity index (χ1v) is 7.32. The van der Waals surface area contributed by atoms with Crippen molar-refractivity contribution in [1.82, 2.24) is 5.06 Å². The number of benzene rings is 2. The van der Waals surface area contributed by atoms with Crippen molar-refractivity contribution in [3.05, 3.63) is 70.2 Å². The van der Waals surface area contributed by atoms with Crippen LogP contribution >= 0.6 is 11.6 Å². The van der Waals surface area contributed by atoms with Crippen LogP contribution in [0.3, 0.4) is 0 Å². The van der Waals surface area contributed by atoms with E-state index in [-0.39, 0.29) is 11.1 Å². The summed E-state index contributed by atoms with van der Waals surface area (Å²) in [7, 11) is 0. The predicted octanol–water partition coefficient (Wildman–Crippen LogP) is 3.20. The molecule has 6 heteroatoms. The van der Waals surface area contributed by atoms with Gasteiger partial charge in [-0.15, -0.1) is 0 Å². The van der Waals surface area contributed by atoms with E-state index in [2.05, 4.69) is 0 Å². The molecule has 0 bridgehead atoms. The van der Waals surface area contributed by atoms with E-state index in [0.717, 1.165) is 0 Å². The van der Waals surface area contributed by atoms with Crippen molar-refractivity contribution in [2.75, 3.05) is 0 Å². The molecule has 2 aromatic rings. The van der Waals surface area contributed by atoms with E-state index in [1.807, 2.05) is 0 Å². The van der Waals surface area contributed by atoms with E-state index in [4.69, 9.17) is 16.4 Å². The van der Waals surface area contributed by atoms with Crippen molar-refractivity contribution in [2.45, 2.75) is 12.8 Å². The molecule has 1 unspecified atom stereocenters. The van der Waals surface area contributed by atoms with Crippen LogP contribution in [0.15, 0.2) is 48.5 Å². The first-order chi connectivity index (χ1) is 11.0. The zero-order valence-electron chi connectivity index (χ0n) is 12.2. The monoisotopic (exact) mass is 329 g/mol. The molecule has 116 valence electrons. The Bertz CT molecular complexity index is 765. The molecule has 0 N–H and O–H groups in total. The van der Waals surface area contributed by atoms with Crippen molar-refractivity contribution in [2.24, 2.45) is 0 Å². The third-order valence-electron chi connectivity index (χ3n) is 3.66. The quantitative estimate of drug-likeness (QED) is 0.811. The van der Waals surface area contributed by atoms with Gasteiger partial charge in [0, 0.05) is 5.02 Å². The average molecular weight is 330 g/mol. The molecular formula is C17H12ClNO4. The summed E-state index contributed by atoms with van der Waals surface area (Å²) in [5, 5.41) is 1.06. The lowest BCUT2D eigenvalue weighted by Gasteiger charge is -2.16. The summed E-state index contributed by atoms with van der Waals surface area (Å²) in [6.45, 7) is 1.63. The second-order valence-corrected chi connectivity index (χ2v) is 5.57. The van der Waals surface area contributed by atoms with Gasteiger partial charge in [-0.3, -0.25) is 9.59 Å². The molecule has 0 spiro atoms. The fourth-order valence-electron chi connectivity index (χ4n) is 2.31.